The summed E-state index contributed by atoms with van der Waals surface area (Å²) in [6, 6.07) is 13.6. The molecule has 0 saturated carbocycles. The predicted octanol–water partition coefficient (Wildman–Crippen LogP) is 4.56. The summed E-state index contributed by atoms with van der Waals surface area (Å²) in [7, 11) is 0. The number of aromatic nitrogens is 2. The number of halogens is 2. The summed E-state index contributed by atoms with van der Waals surface area (Å²) in [5.41, 5.74) is 2.06. The first kappa shape index (κ1) is 15.2. The maximum absolute atomic E-state index is 13.1. The van der Waals surface area contributed by atoms with Crippen LogP contribution in [0.4, 0.5) is 4.39 Å². The number of carbonyl (C=O) groups excluding carboxylic acids is 1. The van der Waals surface area contributed by atoms with Gasteiger partial charge in [-0.05, 0) is 42.5 Å². The molecule has 0 aliphatic carbocycles. The molecule has 0 unspecified atom stereocenters. The zero-order chi connectivity index (χ0) is 16.2. The average Bonchev–Trinajstić information content (AvgIpc) is 3.05. The lowest BCUT2D eigenvalue weighted by atomic mass is 10.1. The molecule has 0 aliphatic heterocycles. The Morgan fingerprint density at radius 1 is 1.17 bits per heavy atom. The van der Waals surface area contributed by atoms with Crippen LogP contribution in [-0.2, 0) is 0 Å². The molecule has 1 aromatic heterocycles. The van der Waals surface area contributed by atoms with E-state index in [0.717, 1.165) is 11.3 Å². The Hall–Kier alpha value is -2.72. The van der Waals surface area contributed by atoms with Crippen molar-refractivity contribution in [2.24, 2.45) is 0 Å². The van der Waals surface area contributed by atoms with Gasteiger partial charge in [0, 0.05) is 17.3 Å². The van der Waals surface area contributed by atoms with Gasteiger partial charge in [0.1, 0.15) is 5.82 Å². The molecule has 5 heteroatoms. The Kier molecular flexibility index (Phi) is 4.35. The molecule has 0 fully saturated rings. The van der Waals surface area contributed by atoms with E-state index in [4.69, 9.17) is 11.6 Å². The van der Waals surface area contributed by atoms with Crippen molar-refractivity contribution in [3.05, 3.63) is 89.0 Å². The summed E-state index contributed by atoms with van der Waals surface area (Å²) in [6.07, 6.45) is 6.55. The van der Waals surface area contributed by atoms with Crippen molar-refractivity contribution in [2.45, 2.75) is 0 Å². The number of carbonyl (C=O) groups is 1. The van der Waals surface area contributed by atoms with E-state index in [2.05, 4.69) is 5.10 Å². The first-order valence-electron chi connectivity index (χ1n) is 6.91. The van der Waals surface area contributed by atoms with Crippen molar-refractivity contribution >= 4 is 23.5 Å². The van der Waals surface area contributed by atoms with Crippen molar-refractivity contribution in [3.8, 4) is 5.69 Å². The molecule has 0 radical (unpaired) electrons. The molecule has 1 heterocycles. The lowest BCUT2D eigenvalue weighted by Crippen LogP contribution is -1.94. The second kappa shape index (κ2) is 6.58. The van der Waals surface area contributed by atoms with Crippen LogP contribution in [0, 0.1) is 5.82 Å². The number of hydrogen-bond acceptors (Lipinski definition) is 2. The van der Waals surface area contributed by atoms with Crippen LogP contribution >= 0.6 is 11.6 Å². The Labute approximate surface area is 137 Å². The third kappa shape index (κ3) is 3.55. The van der Waals surface area contributed by atoms with E-state index in [0.29, 0.717) is 5.56 Å². The molecular weight excluding hydrogens is 315 g/mol. The minimum absolute atomic E-state index is 0.0684. The van der Waals surface area contributed by atoms with Crippen molar-refractivity contribution in [1.29, 1.82) is 0 Å². The van der Waals surface area contributed by atoms with Gasteiger partial charge in [0.25, 0.3) is 0 Å². The summed E-state index contributed by atoms with van der Waals surface area (Å²) < 4.78 is 14.8. The fourth-order valence-electron chi connectivity index (χ4n) is 2.06. The fraction of sp³-hybridized carbons (Fsp3) is 0. The quantitative estimate of drug-likeness (QED) is 0.520. The van der Waals surface area contributed by atoms with E-state index in [1.807, 2.05) is 36.5 Å². The Bertz CT molecular complexity index is 872. The van der Waals surface area contributed by atoms with Crippen LogP contribution < -0.4 is 0 Å². The van der Waals surface area contributed by atoms with Crippen LogP contribution in [-0.4, -0.2) is 15.6 Å². The molecule has 114 valence electrons. The van der Waals surface area contributed by atoms with Crippen LogP contribution in [0.2, 0.25) is 5.02 Å². The molecule has 0 saturated heterocycles. The summed E-state index contributed by atoms with van der Waals surface area (Å²) in [5.74, 6) is -0.796. The molecule has 3 rings (SSSR count). The van der Waals surface area contributed by atoms with E-state index in [1.54, 1.807) is 17.0 Å². The van der Waals surface area contributed by atoms with Crippen LogP contribution in [0.5, 0.6) is 0 Å². The van der Waals surface area contributed by atoms with E-state index >= 15 is 0 Å². The summed E-state index contributed by atoms with van der Waals surface area (Å²) >= 11 is 5.68. The van der Waals surface area contributed by atoms with Gasteiger partial charge < -0.3 is 0 Å². The maximum atomic E-state index is 13.1. The van der Waals surface area contributed by atoms with Crippen molar-refractivity contribution in [1.82, 2.24) is 9.78 Å². The Morgan fingerprint density at radius 3 is 2.70 bits per heavy atom. The number of hydrogen-bond donors (Lipinski definition) is 0. The Morgan fingerprint density at radius 2 is 1.96 bits per heavy atom. The second-order valence-corrected chi connectivity index (χ2v) is 5.29. The SMILES string of the molecule is O=C(C=Cc1cnn(-c2ccccc2)c1)c1ccc(F)c(Cl)c1. The second-order valence-electron chi connectivity index (χ2n) is 4.88. The van der Waals surface area contributed by atoms with E-state index < -0.39 is 5.82 Å². The number of benzene rings is 2. The Balaban J connectivity index is 1.76. The van der Waals surface area contributed by atoms with Gasteiger partial charge in [-0.15, -0.1) is 0 Å². The average molecular weight is 327 g/mol. The number of ketones is 1. The minimum atomic E-state index is -0.545. The highest BCUT2D eigenvalue weighted by atomic mass is 35.5. The molecule has 0 amide bonds. The number of nitrogens with zero attached hydrogens (tertiary/aromatic N) is 2. The largest absolute Gasteiger partial charge is 0.289 e. The van der Waals surface area contributed by atoms with Gasteiger partial charge in [0.15, 0.2) is 5.78 Å². The van der Waals surface area contributed by atoms with Crippen molar-refractivity contribution in [3.63, 3.8) is 0 Å². The number of allylic oxidation sites excluding steroid dienone is 1. The summed E-state index contributed by atoms with van der Waals surface area (Å²) in [6.45, 7) is 0. The molecule has 3 nitrogen and oxygen atoms in total. The van der Waals surface area contributed by atoms with Crippen LogP contribution in [0.25, 0.3) is 11.8 Å². The molecule has 0 bridgehead atoms. The summed E-state index contributed by atoms with van der Waals surface area (Å²) in [4.78, 5) is 12.1. The maximum Gasteiger partial charge on any atom is 0.185 e. The molecule has 0 aliphatic rings. The van der Waals surface area contributed by atoms with Crippen molar-refractivity contribution < 1.29 is 9.18 Å². The van der Waals surface area contributed by atoms with Gasteiger partial charge in [-0.2, -0.15) is 5.10 Å². The lowest BCUT2D eigenvalue weighted by molar-refractivity contribution is 0.104. The van der Waals surface area contributed by atoms with Gasteiger partial charge in [-0.25, -0.2) is 9.07 Å². The first-order chi connectivity index (χ1) is 11.1. The van der Waals surface area contributed by atoms with E-state index in [-0.39, 0.29) is 10.8 Å². The number of para-hydroxylation sites is 1. The highest BCUT2D eigenvalue weighted by Gasteiger charge is 2.06. The van der Waals surface area contributed by atoms with E-state index in [1.165, 1.54) is 24.3 Å². The van der Waals surface area contributed by atoms with Gasteiger partial charge in [-0.1, -0.05) is 29.8 Å². The molecule has 2 aromatic carbocycles. The van der Waals surface area contributed by atoms with Crippen molar-refractivity contribution in [2.75, 3.05) is 0 Å². The monoisotopic (exact) mass is 326 g/mol. The highest BCUT2D eigenvalue weighted by molar-refractivity contribution is 6.31. The molecular formula is C18H12ClFN2O. The van der Waals surface area contributed by atoms with Gasteiger partial charge >= 0.3 is 0 Å². The predicted molar refractivity (Wildman–Crippen MR) is 88.3 cm³/mol. The van der Waals surface area contributed by atoms with Gasteiger partial charge in [0.2, 0.25) is 0 Å². The smallest absolute Gasteiger partial charge is 0.185 e. The number of rotatable bonds is 4. The molecule has 3 aromatic rings. The first-order valence-corrected chi connectivity index (χ1v) is 7.29. The van der Waals surface area contributed by atoms with Crippen LogP contribution in [0.1, 0.15) is 15.9 Å². The molecule has 0 spiro atoms. The minimum Gasteiger partial charge on any atom is -0.289 e. The van der Waals surface area contributed by atoms with E-state index in [9.17, 15) is 9.18 Å². The normalized spacial score (nSPS) is 11.0. The zero-order valence-electron chi connectivity index (χ0n) is 12.0. The van der Waals surface area contributed by atoms with Crippen LogP contribution in [0.15, 0.2) is 67.0 Å². The topological polar surface area (TPSA) is 34.9 Å². The van der Waals surface area contributed by atoms with Gasteiger partial charge in [-0.3, -0.25) is 4.79 Å². The molecule has 0 atom stereocenters. The molecule has 23 heavy (non-hydrogen) atoms. The fourth-order valence-corrected chi connectivity index (χ4v) is 2.24. The van der Waals surface area contributed by atoms with Gasteiger partial charge in [0.05, 0.1) is 16.9 Å². The third-order valence-corrected chi connectivity index (χ3v) is 3.54. The molecule has 0 N–H and O–H groups in total. The lowest BCUT2D eigenvalue weighted by Gasteiger charge is -1.98. The summed E-state index contributed by atoms with van der Waals surface area (Å²) in [5, 5.41) is 4.18. The zero-order valence-corrected chi connectivity index (χ0v) is 12.7. The van der Waals surface area contributed by atoms with Crippen LogP contribution in [0.3, 0.4) is 0 Å². The third-order valence-electron chi connectivity index (χ3n) is 3.25. The standard InChI is InChI=1S/C18H12ClFN2O/c19-16-10-14(7-8-17(16)20)18(23)9-6-13-11-21-22(12-13)15-4-2-1-3-5-15/h1-12H. The highest BCUT2D eigenvalue weighted by Crippen LogP contribution is 2.17.